The van der Waals surface area contributed by atoms with Gasteiger partial charge >= 0.3 is 0 Å². The first-order valence-electron chi connectivity index (χ1n) is 8.56. The minimum atomic E-state index is 0.113. The highest BCUT2D eigenvalue weighted by molar-refractivity contribution is 5.84. The van der Waals surface area contributed by atoms with Gasteiger partial charge in [0.15, 0.2) is 18.2 Å². The molecule has 0 aliphatic heterocycles. The minimum Gasteiger partial charge on any atom is -0.312 e. The fourth-order valence-electron chi connectivity index (χ4n) is 2.62. The van der Waals surface area contributed by atoms with E-state index >= 15 is 0 Å². The molecule has 134 valence electrons. The van der Waals surface area contributed by atoms with Crippen LogP contribution in [0.2, 0.25) is 0 Å². The summed E-state index contributed by atoms with van der Waals surface area (Å²) in [5.41, 5.74) is 3.75. The van der Waals surface area contributed by atoms with Crippen molar-refractivity contribution in [3.63, 3.8) is 0 Å². The van der Waals surface area contributed by atoms with Gasteiger partial charge in [0.25, 0.3) is 0 Å². The van der Waals surface area contributed by atoms with Crippen molar-refractivity contribution in [2.45, 2.75) is 13.8 Å². The van der Waals surface area contributed by atoms with Crippen LogP contribution in [0, 0.1) is 5.92 Å². The number of azo groups is 1. The van der Waals surface area contributed by atoms with Gasteiger partial charge in [-0.05, 0) is 12.1 Å². The van der Waals surface area contributed by atoms with Crippen LogP contribution in [-0.2, 0) is 21.1 Å². The Balaban J connectivity index is 2.00. The van der Waals surface area contributed by atoms with Gasteiger partial charge in [-0.25, -0.2) is 4.57 Å². The Hall–Kier alpha value is -3.09. The van der Waals surface area contributed by atoms with Gasteiger partial charge in [0.2, 0.25) is 5.62 Å². The maximum absolute atomic E-state index is 4.45. The summed E-state index contributed by atoms with van der Waals surface area (Å²) in [5, 5.41) is 17.4. The monoisotopic (exact) mass is 350 g/mol. The van der Waals surface area contributed by atoms with Gasteiger partial charge in [-0.1, -0.05) is 26.0 Å². The molecule has 3 rings (SSSR count). The first kappa shape index (κ1) is 17.7. The average molecular weight is 350 g/mol. The number of para-hydroxylation sites is 2. The van der Waals surface area contributed by atoms with Crippen LogP contribution in [0.3, 0.4) is 0 Å². The Morgan fingerprint density at radius 2 is 1.54 bits per heavy atom. The van der Waals surface area contributed by atoms with Crippen LogP contribution in [-0.4, -0.2) is 15.0 Å². The highest BCUT2D eigenvalue weighted by Crippen LogP contribution is 2.11. The predicted molar refractivity (Wildman–Crippen MR) is 102 cm³/mol. The van der Waals surface area contributed by atoms with Gasteiger partial charge in [0.05, 0.1) is 16.7 Å². The zero-order chi connectivity index (χ0) is 18.7. The van der Waals surface area contributed by atoms with Gasteiger partial charge < -0.3 is 9.13 Å². The maximum atomic E-state index is 4.45. The molecule has 0 amide bonds. The van der Waals surface area contributed by atoms with Crippen LogP contribution in [0.15, 0.2) is 69.2 Å². The second kappa shape index (κ2) is 7.43. The Kier molecular flexibility index (Phi) is 5.06. The van der Waals surface area contributed by atoms with E-state index in [0.717, 1.165) is 22.3 Å². The summed E-state index contributed by atoms with van der Waals surface area (Å²) in [6, 6.07) is 12.0. The topological polar surface area (TPSA) is 63.2 Å². The standard InChI is InChI=1S/C19H24N7/c1-14(2)18(21-20-15-10-12-24(3)13-11-15)22-23-19-25(4)16-8-6-7-9-17(16)26(19)5/h6-14H,1-5H3/q+1. The largest absolute Gasteiger partial charge is 0.312 e. The van der Waals surface area contributed by atoms with E-state index in [2.05, 4.69) is 32.6 Å². The van der Waals surface area contributed by atoms with Crippen molar-refractivity contribution in [1.29, 1.82) is 0 Å². The van der Waals surface area contributed by atoms with Gasteiger partial charge in [-0.2, -0.15) is 0 Å². The van der Waals surface area contributed by atoms with Gasteiger partial charge in [0.1, 0.15) is 7.05 Å². The van der Waals surface area contributed by atoms with Crippen LogP contribution in [0.5, 0.6) is 0 Å². The molecule has 0 bridgehead atoms. The Morgan fingerprint density at radius 3 is 2.08 bits per heavy atom. The van der Waals surface area contributed by atoms with E-state index in [1.54, 1.807) is 0 Å². The first-order valence-corrected chi connectivity index (χ1v) is 8.56. The lowest BCUT2D eigenvalue weighted by atomic mass is 10.2. The van der Waals surface area contributed by atoms with Crippen molar-refractivity contribution < 1.29 is 4.57 Å². The van der Waals surface area contributed by atoms with Crippen molar-refractivity contribution in [3.05, 3.63) is 54.4 Å². The number of hydrogen-bond donors (Lipinski definition) is 0. The first-order chi connectivity index (χ1) is 12.5. The van der Waals surface area contributed by atoms with E-state index in [-0.39, 0.29) is 5.92 Å². The van der Waals surface area contributed by atoms with Gasteiger partial charge in [-0.3, -0.25) is 0 Å². The van der Waals surface area contributed by atoms with Crippen molar-refractivity contribution in [1.82, 2.24) is 9.13 Å². The van der Waals surface area contributed by atoms with E-state index < -0.39 is 0 Å². The molecule has 7 heteroatoms. The van der Waals surface area contributed by atoms with E-state index in [1.807, 2.05) is 85.4 Å². The molecule has 2 heterocycles. The fraction of sp³-hybridized carbons (Fsp3) is 0.316. The van der Waals surface area contributed by atoms with Crippen molar-refractivity contribution >= 4 is 22.6 Å². The molecule has 0 fully saturated rings. The Morgan fingerprint density at radius 1 is 0.962 bits per heavy atom. The summed E-state index contributed by atoms with van der Waals surface area (Å²) in [7, 11) is 5.93. The molecule has 0 spiro atoms. The van der Waals surface area contributed by atoms with Gasteiger partial charge in [-0.15, -0.1) is 20.4 Å². The SMILES string of the molecule is CC(C)C(N=Nc1cc[n+](C)cc1)=NN=c1n(C)c2ccccc2n1C. The third-order valence-corrected chi connectivity index (χ3v) is 4.19. The number of imidazole rings is 1. The lowest BCUT2D eigenvalue weighted by Crippen LogP contribution is -2.25. The smallest absolute Gasteiger partial charge is 0.230 e. The van der Waals surface area contributed by atoms with Crippen LogP contribution in [0.25, 0.3) is 11.0 Å². The van der Waals surface area contributed by atoms with Crippen molar-refractivity contribution in [2.75, 3.05) is 0 Å². The summed E-state index contributed by atoms with van der Waals surface area (Å²) in [5.74, 6) is 0.700. The van der Waals surface area contributed by atoms with Crippen molar-refractivity contribution in [2.24, 2.45) is 47.5 Å². The number of fused-ring (bicyclic) bond motifs is 1. The number of pyridine rings is 1. The molecular weight excluding hydrogens is 326 g/mol. The lowest BCUT2D eigenvalue weighted by Gasteiger charge is -2.00. The summed E-state index contributed by atoms with van der Waals surface area (Å²) in [6.45, 7) is 4.06. The minimum absolute atomic E-state index is 0.113. The maximum Gasteiger partial charge on any atom is 0.230 e. The Labute approximate surface area is 152 Å². The van der Waals surface area contributed by atoms with Crippen LogP contribution >= 0.6 is 0 Å². The average Bonchev–Trinajstić information content (AvgIpc) is 2.88. The molecule has 0 unspecified atom stereocenters. The molecule has 0 saturated heterocycles. The third-order valence-electron chi connectivity index (χ3n) is 4.19. The molecule has 2 aromatic heterocycles. The number of nitrogens with zero attached hydrogens (tertiary/aromatic N) is 7. The molecule has 0 saturated carbocycles. The quantitative estimate of drug-likeness (QED) is 0.229. The summed E-state index contributed by atoms with van der Waals surface area (Å²) < 4.78 is 5.99. The summed E-state index contributed by atoms with van der Waals surface area (Å²) in [6.07, 6.45) is 3.86. The second-order valence-electron chi connectivity index (χ2n) is 6.54. The van der Waals surface area contributed by atoms with E-state index in [0.29, 0.717) is 5.84 Å². The zero-order valence-corrected chi connectivity index (χ0v) is 15.8. The van der Waals surface area contributed by atoms with Crippen LogP contribution in [0.4, 0.5) is 5.69 Å². The van der Waals surface area contributed by atoms with E-state index in [9.17, 15) is 0 Å². The molecule has 26 heavy (non-hydrogen) atoms. The second-order valence-corrected chi connectivity index (χ2v) is 6.54. The Bertz CT molecular complexity index is 992. The highest BCUT2D eigenvalue weighted by Gasteiger charge is 2.07. The fourth-order valence-corrected chi connectivity index (χ4v) is 2.62. The normalized spacial score (nSPS) is 12.5. The summed E-state index contributed by atoms with van der Waals surface area (Å²) in [4.78, 5) is 0. The molecule has 3 aromatic rings. The number of aryl methyl sites for hydroxylation is 3. The molecular formula is C19H24N7+. The van der Waals surface area contributed by atoms with Crippen LogP contribution in [0.1, 0.15) is 13.8 Å². The number of rotatable bonds is 3. The predicted octanol–water partition coefficient (Wildman–Crippen LogP) is 3.00. The molecule has 0 radical (unpaired) electrons. The van der Waals surface area contributed by atoms with E-state index in [4.69, 9.17) is 0 Å². The van der Waals surface area contributed by atoms with Crippen LogP contribution < -0.4 is 10.2 Å². The molecule has 0 N–H and O–H groups in total. The molecule has 0 aliphatic rings. The molecule has 0 atom stereocenters. The van der Waals surface area contributed by atoms with Gasteiger partial charge in [0, 0.05) is 32.1 Å². The zero-order valence-electron chi connectivity index (χ0n) is 15.8. The highest BCUT2D eigenvalue weighted by atomic mass is 15.3. The number of aromatic nitrogens is 3. The summed E-state index contributed by atoms with van der Waals surface area (Å²) >= 11 is 0. The third kappa shape index (κ3) is 3.61. The van der Waals surface area contributed by atoms with E-state index in [1.165, 1.54) is 0 Å². The molecule has 1 aromatic carbocycles. The lowest BCUT2D eigenvalue weighted by molar-refractivity contribution is -0.671. The molecule has 0 aliphatic carbocycles. The van der Waals surface area contributed by atoms with Crippen molar-refractivity contribution in [3.8, 4) is 0 Å². The molecule has 7 nitrogen and oxygen atoms in total. The number of amidine groups is 1. The number of benzene rings is 1. The number of hydrogen-bond acceptors (Lipinski definition) is 3.